The zero-order valence-corrected chi connectivity index (χ0v) is 16.4. The van der Waals surface area contributed by atoms with E-state index in [-0.39, 0.29) is 18.6 Å². The van der Waals surface area contributed by atoms with Gasteiger partial charge in [0.05, 0.1) is 16.8 Å². The van der Waals surface area contributed by atoms with Crippen LogP contribution in [0.5, 0.6) is 0 Å². The Morgan fingerprint density at radius 3 is 2.70 bits per heavy atom. The number of rotatable bonds is 5. The van der Waals surface area contributed by atoms with Gasteiger partial charge in [0.25, 0.3) is 5.91 Å². The summed E-state index contributed by atoms with van der Waals surface area (Å²) in [6.45, 7) is 5.78. The molecule has 2 aromatic rings. The number of aromatic nitrogens is 1. The van der Waals surface area contributed by atoms with Crippen molar-refractivity contribution < 1.29 is 14.3 Å². The van der Waals surface area contributed by atoms with Gasteiger partial charge in [-0.25, -0.2) is 4.79 Å². The molecule has 0 unspecified atom stereocenters. The number of pyridine rings is 1. The molecule has 1 aliphatic rings. The Labute approximate surface area is 160 Å². The number of carbonyl (C=O) groups excluding carboxylic acids is 2. The second-order valence-corrected chi connectivity index (χ2v) is 7.44. The predicted octanol–water partition coefficient (Wildman–Crippen LogP) is 3.96. The Balaban J connectivity index is 1.70. The zero-order chi connectivity index (χ0) is 19.4. The number of nitrogens with zero attached hydrogens (tertiary/aromatic N) is 1. The molecule has 1 aromatic carbocycles. The lowest BCUT2D eigenvalue weighted by molar-refractivity contribution is -0.125. The Hall–Kier alpha value is -2.43. The fraction of sp³-hybridized carbons (Fsp3) is 0.500. The minimum Gasteiger partial charge on any atom is -0.452 e. The monoisotopic (exact) mass is 368 g/mol. The van der Waals surface area contributed by atoms with Crippen LogP contribution in [-0.2, 0) is 16.0 Å². The minimum absolute atomic E-state index is 0.181. The van der Waals surface area contributed by atoms with Crippen LogP contribution in [-0.4, -0.2) is 29.5 Å². The number of nitrogens with one attached hydrogen (secondary N) is 1. The first-order valence-electron chi connectivity index (χ1n) is 9.86. The minimum atomic E-state index is -0.477. The van der Waals surface area contributed by atoms with E-state index in [0.717, 1.165) is 35.7 Å². The number of ether oxygens (including phenoxy) is 1. The normalized spacial score (nSPS) is 19.7. The van der Waals surface area contributed by atoms with Crippen molar-refractivity contribution in [2.24, 2.45) is 5.92 Å². The summed E-state index contributed by atoms with van der Waals surface area (Å²) < 4.78 is 5.35. The maximum atomic E-state index is 12.7. The summed E-state index contributed by atoms with van der Waals surface area (Å²) >= 11 is 0. The maximum Gasteiger partial charge on any atom is 0.340 e. The summed E-state index contributed by atoms with van der Waals surface area (Å²) in [5, 5.41) is 3.95. The van der Waals surface area contributed by atoms with E-state index in [4.69, 9.17) is 4.74 Å². The van der Waals surface area contributed by atoms with Gasteiger partial charge in [0.2, 0.25) is 0 Å². The molecule has 1 heterocycles. The lowest BCUT2D eigenvalue weighted by Crippen LogP contribution is -2.42. The molecule has 144 valence electrons. The molecule has 1 aromatic heterocycles. The third kappa shape index (κ3) is 4.29. The van der Waals surface area contributed by atoms with Crippen LogP contribution < -0.4 is 5.32 Å². The van der Waals surface area contributed by atoms with Gasteiger partial charge in [-0.15, -0.1) is 0 Å². The van der Waals surface area contributed by atoms with Gasteiger partial charge >= 0.3 is 5.97 Å². The molecule has 3 rings (SSSR count). The predicted molar refractivity (Wildman–Crippen MR) is 106 cm³/mol. The molecule has 0 spiro atoms. The van der Waals surface area contributed by atoms with Crippen molar-refractivity contribution in [1.82, 2.24) is 10.3 Å². The summed E-state index contributed by atoms with van der Waals surface area (Å²) in [6.07, 6.45) is 5.11. The molecule has 5 heteroatoms. The molecule has 1 fully saturated rings. The second-order valence-electron chi connectivity index (χ2n) is 7.44. The molecule has 0 saturated heterocycles. The van der Waals surface area contributed by atoms with Crippen LogP contribution in [0.15, 0.2) is 24.3 Å². The number of aryl methyl sites for hydroxylation is 2. The largest absolute Gasteiger partial charge is 0.452 e. The summed E-state index contributed by atoms with van der Waals surface area (Å²) in [5.41, 5.74) is 2.91. The molecule has 0 radical (unpaired) electrons. The van der Waals surface area contributed by atoms with Gasteiger partial charge in [0, 0.05) is 11.4 Å². The van der Waals surface area contributed by atoms with Gasteiger partial charge in [0.15, 0.2) is 6.61 Å². The topological polar surface area (TPSA) is 68.3 Å². The fourth-order valence-corrected chi connectivity index (χ4v) is 3.95. The van der Waals surface area contributed by atoms with Gasteiger partial charge in [0.1, 0.15) is 0 Å². The lowest BCUT2D eigenvalue weighted by atomic mass is 9.86. The number of para-hydroxylation sites is 1. The van der Waals surface area contributed by atoms with Crippen LogP contribution in [0.1, 0.15) is 61.1 Å². The average Bonchev–Trinajstić information content (AvgIpc) is 2.67. The van der Waals surface area contributed by atoms with E-state index in [0.29, 0.717) is 23.6 Å². The van der Waals surface area contributed by atoms with Crippen LogP contribution in [0.25, 0.3) is 10.9 Å². The van der Waals surface area contributed by atoms with E-state index in [9.17, 15) is 9.59 Å². The Bertz CT molecular complexity index is 847. The van der Waals surface area contributed by atoms with Crippen molar-refractivity contribution in [3.8, 4) is 0 Å². The highest BCUT2D eigenvalue weighted by molar-refractivity contribution is 5.99. The Kier molecular flexibility index (Phi) is 6.09. The van der Waals surface area contributed by atoms with Crippen LogP contribution >= 0.6 is 0 Å². The maximum absolute atomic E-state index is 12.7. The van der Waals surface area contributed by atoms with Gasteiger partial charge in [-0.05, 0) is 43.7 Å². The van der Waals surface area contributed by atoms with Crippen molar-refractivity contribution in [2.45, 2.75) is 58.9 Å². The van der Waals surface area contributed by atoms with E-state index < -0.39 is 5.97 Å². The van der Waals surface area contributed by atoms with Gasteiger partial charge in [-0.2, -0.15) is 0 Å². The number of esters is 1. The molecule has 0 bridgehead atoms. The number of benzene rings is 1. The molecule has 1 N–H and O–H groups in total. The first-order valence-corrected chi connectivity index (χ1v) is 9.86. The zero-order valence-electron chi connectivity index (χ0n) is 16.4. The molecular weight excluding hydrogens is 340 g/mol. The summed E-state index contributed by atoms with van der Waals surface area (Å²) in [7, 11) is 0. The van der Waals surface area contributed by atoms with E-state index >= 15 is 0 Å². The van der Waals surface area contributed by atoms with Crippen molar-refractivity contribution in [1.29, 1.82) is 0 Å². The SMILES string of the molecule is CCc1nc2ccccc2c(C)c1C(=O)OCC(=O)N[C@H]1CCCC[C@@H]1C. The van der Waals surface area contributed by atoms with Crippen molar-refractivity contribution in [2.75, 3.05) is 6.61 Å². The standard InChI is InChI=1S/C22H28N2O3/c1-4-17-21(15(3)16-10-6-8-12-19(16)23-17)22(26)27-13-20(25)24-18-11-7-5-9-14(18)2/h6,8,10,12,14,18H,4-5,7,9,11,13H2,1-3H3,(H,24,25)/t14-,18-/m0/s1. The number of fused-ring (bicyclic) bond motifs is 1. The third-order valence-corrected chi connectivity index (χ3v) is 5.56. The quantitative estimate of drug-likeness (QED) is 0.811. The molecule has 1 aliphatic carbocycles. The van der Waals surface area contributed by atoms with Gasteiger partial charge in [-0.1, -0.05) is 44.9 Å². The van der Waals surface area contributed by atoms with Crippen LogP contribution in [0.3, 0.4) is 0 Å². The Morgan fingerprint density at radius 2 is 1.96 bits per heavy atom. The number of amides is 1. The van der Waals surface area contributed by atoms with E-state index in [1.165, 1.54) is 6.42 Å². The Morgan fingerprint density at radius 1 is 1.22 bits per heavy atom. The van der Waals surface area contributed by atoms with E-state index in [1.54, 1.807) is 0 Å². The molecular formula is C22H28N2O3. The first-order chi connectivity index (χ1) is 13.0. The van der Waals surface area contributed by atoms with Crippen molar-refractivity contribution in [3.05, 3.63) is 41.1 Å². The van der Waals surface area contributed by atoms with Crippen LogP contribution in [0.2, 0.25) is 0 Å². The van der Waals surface area contributed by atoms with Crippen molar-refractivity contribution in [3.63, 3.8) is 0 Å². The number of hydrogen-bond acceptors (Lipinski definition) is 4. The van der Waals surface area contributed by atoms with E-state index in [1.807, 2.05) is 38.1 Å². The highest BCUT2D eigenvalue weighted by atomic mass is 16.5. The summed E-state index contributed by atoms with van der Waals surface area (Å²) in [6, 6.07) is 7.93. The second kappa shape index (κ2) is 8.51. The number of hydrogen-bond donors (Lipinski definition) is 1. The molecule has 27 heavy (non-hydrogen) atoms. The van der Waals surface area contributed by atoms with Crippen LogP contribution in [0, 0.1) is 12.8 Å². The highest BCUT2D eigenvalue weighted by Crippen LogP contribution is 2.25. The van der Waals surface area contributed by atoms with E-state index in [2.05, 4.69) is 17.2 Å². The molecule has 5 nitrogen and oxygen atoms in total. The average molecular weight is 368 g/mol. The molecule has 1 saturated carbocycles. The van der Waals surface area contributed by atoms with Crippen LogP contribution in [0.4, 0.5) is 0 Å². The molecule has 2 atom stereocenters. The third-order valence-electron chi connectivity index (χ3n) is 5.56. The summed E-state index contributed by atoms with van der Waals surface area (Å²) in [4.78, 5) is 29.6. The molecule has 0 aliphatic heterocycles. The van der Waals surface area contributed by atoms with Gasteiger partial charge in [-0.3, -0.25) is 9.78 Å². The lowest BCUT2D eigenvalue weighted by Gasteiger charge is -2.29. The molecule has 1 amide bonds. The fourth-order valence-electron chi connectivity index (χ4n) is 3.95. The first kappa shape index (κ1) is 19.3. The summed E-state index contributed by atoms with van der Waals surface area (Å²) in [5.74, 6) is -0.238. The van der Waals surface area contributed by atoms with Gasteiger partial charge < -0.3 is 10.1 Å². The highest BCUT2D eigenvalue weighted by Gasteiger charge is 2.24. The van der Waals surface area contributed by atoms with Crippen molar-refractivity contribution >= 4 is 22.8 Å². The smallest absolute Gasteiger partial charge is 0.340 e. The number of carbonyl (C=O) groups is 2.